The van der Waals surface area contributed by atoms with E-state index in [2.05, 4.69) is 44.5 Å². The maximum absolute atomic E-state index is 13.3. The molecule has 174 valence electrons. The maximum Gasteiger partial charge on any atom is 0.264 e. The summed E-state index contributed by atoms with van der Waals surface area (Å²) in [5.74, 6) is 0.846. The largest absolute Gasteiger partial charge is 0.383 e. The summed E-state index contributed by atoms with van der Waals surface area (Å²) in [7, 11) is 1.68. The van der Waals surface area contributed by atoms with Crippen molar-refractivity contribution in [3.8, 4) is 0 Å². The summed E-state index contributed by atoms with van der Waals surface area (Å²) in [6, 6.07) is 10.4. The molecule has 33 heavy (non-hydrogen) atoms. The van der Waals surface area contributed by atoms with Crippen LogP contribution in [0.5, 0.6) is 0 Å². The van der Waals surface area contributed by atoms with Gasteiger partial charge in [0.25, 0.3) is 5.91 Å². The van der Waals surface area contributed by atoms with Gasteiger partial charge >= 0.3 is 0 Å². The summed E-state index contributed by atoms with van der Waals surface area (Å²) < 4.78 is 5.22. The van der Waals surface area contributed by atoms with Crippen molar-refractivity contribution in [3.05, 3.63) is 58.7 Å². The average molecular weight is 466 g/mol. The quantitative estimate of drug-likeness (QED) is 0.544. The molecule has 1 fully saturated rings. The van der Waals surface area contributed by atoms with Gasteiger partial charge in [-0.05, 0) is 25.0 Å². The van der Waals surface area contributed by atoms with Gasteiger partial charge in [-0.15, -0.1) is 11.3 Å². The third kappa shape index (κ3) is 5.58. The summed E-state index contributed by atoms with van der Waals surface area (Å²) in [4.78, 5) is 28.1. The summed E-state index contributed by atoms with van der Waals surface area (Å²) >= 11 is 1.45. The predicted molar refractivity (Wildman–Crippen MR) is 135 cm³/mol. The highest BCUT2D eigenvalue weighted by Gasteiger charge is 2.26. The van der Waals surface area contributed by atoms with Crippen LogP contribution in [0.15, 0.2) is 42.7 Å². The van der Waals surface area contributed by atoms with Crippen molar-refractivity contribution in [1.82, 2.24) is 19.8 Å². The van der Waals surface area contributed by atoms with Crippen LogP contribution in [0.1, 0.15) is 27.7 Å². The number of carbonyl (C=O) groups is 1. The number of hydrogen-bond donors (Lipinski definition) is 1. The number of benzene rings is 1. The van der Waals surface area contributed by atoms with Crippen LogP contribution < -0.4 is 5.32 Å². The molecule has 1 amide bonds. The number of nitrogens with one attached hydrogen (secondary N) is 1. The van der Waals surface area contributed by atoms with Gasteiger partial charge in [-0.25, -0.2) is 9.97 Å². The fraction of sp³-hybridized carbons (Fsp3) is 0.400. The third-order valence-electron chi connectivity index (χ3n) is 5.85. The number of fused-ring (bicyclic) bond motifs is 1. The first-order chi connectivity index (χ1) is 16.1. The predicted octanol–water partition coefficient (Wildman–Crippen LogP) is 3.92. The molecular weight excluding hydrogens is 434 g/mol. The zero-order chi connectivity index (χ0) is 23.2. The number of anilines is 1. The number of methoxy groups -OCH3 is 1. The number of aryl methyl sites for hydroxylation is 1. The number of amides is 1. The molecule has 4 rings (SSSR count). The molecule has 7 nitrogen and oxygen atoms in total. The first kappa shape index (κ1) is 23.4. The maximum atomic E-state index is 13.3. The fourth-order valence-electron chi connectivity index (χ4n) is 4.09. The van der Waals surface area contributed by atoms with Crippen LogP contribution in [0, 0.1) is 6.92 Å². The molecule has 1 N–H and O–H groups in total. The SMILES string of the molecule is COC[C@@H](C)Nc1ncnc2sc(C(=O)N3CCN(C/C=C/c4ccccc4)CC3)c(C)c12. The lowest BCUT2D eigenvalue weighted by molar-refractivity contribution is 0.0654. The number of hydrogen-bond acceptors (Lipinski definition) is 7. The van der Waals surface area contributed by atoms with Crippen LogP contribution in [0.3, 0.4) is 0 Å². The van der Waals surface area contributed by atoms with E-state index in [1.165, 1.54) is 16.9 Å². The second kappa shape index (κ2) is 10.9. The van der Waals surface area contributed by atoms with Crippen molar-refractivity contribution in [1.29, 1.82) is 0 Å². The summed E-state index contributed by atoms with van der Waals surface area (Å²) in [6.45, 7) is 8.70. The summed E-state index contributed by atoms with van der Waals surface area (Å²) in [5.41, 5.74) is 2.15. The molecule has 0 spiro atoms. The molecule has 2 aromatic heterocycles. The molecule has 0 aliphatic carbocycles. The number of piperazine rings is 1. The Kier molecular flexibility index (Phi) is 7.69. The lowest BCUT2D eigenvalue weighted by Gasteiger charge is -2.34. The Morgan fingerprint density at radius 1 is 1.21 bits per heavy atom. The second-order valence-electron chi connectivity index (χ2n) is 8.37. The van der Waals surface area contributed by atoms with Gasteiger partial charge < -0.3 is 15.0 Å². The van der Waals surface area contributed by atoms with E-state index in [1.807, 2.05) is 36.9 Å². The zero-order valence-electron chi connectivity index (χ0n) is 19.5. The summed E-state index contributed by atoms with van der Waals surface area (Å²) in [5, 5.41) is 4.32. The van der Waals surface area contributed by atoms with E-state index in [4.69, 9.17) is 4.74 Å². The Balaban J connectivity index is 1.40. The molecule has 1 atom stereocenters. The number of aromatic nitrogens is 2. The minimum atomic E-state index is 0.0888. The van der Waals surface area contributed by atoms with Crippen LogP contribution >= 0.6 is 11.3 Å². The molecule has 1 aromatic carbocycles. The van der Waals surface area contributed by atoms with Gasteiger partial charge in [0.05, 0.1) is 16.9 Å². The van der Waals surface area contributed by atoms with E-state index in [-0.39, 0.29) is 11.9 Å². The van der Waals surface area contributed by atoms with Gasteiger partial charge in [0.15, 0.2) is 0 Å². The Bertz CT molecular complexity index is 1110. The lowest BCUT2D eigenvalue weighted by atomic mass is 10.1. The average Bonchev–Trinajstić information content (AvgIpc) is 3.17. The lowest BCUT2D eigenvalue weighted by Crippen LogP contribution is -2.48. The van der Waals surface area contributed by atoms with Crippen LogP contribution in [-0.2, 0) is 4.74 Å². The Labute approximate surface area is 199 Å². The van der Waals surface area contributed by atoms with Crippen molar-refractivity contribution in [2.75, 3.05) is 51.8 Å². The number of carbonyl (C=O) groups excluding carboxylic acids is 1. The smallest absolute Gasteiger partial charge is 0.264 e. The van der Waals surface area contributed by atoms with Crippen molar-refractivity contribution in [3.63, 3.8) is 0 Å². The van der Waals surface area contributed by atoms with Crippen LogP contribution in [0.25, 0.3) is 16.3 Å². The Hall–Kier alpha value is -2.81. The van der Waals surface area contributed by atoms with Gasteiger partial charge in [-0.1, -0.05) is 42.5 Å². The number of ether oxygens (including phenoxy) is 1. The Morgan fingerprint density at radius 2 is 1.97 bits per heavy atom. The molecule has 1 saturated heterocycles. The van der Waals surface area contributed by atoms with E-state index in [0.29, 0.717) is 6.61 Å². The molecule has 1 aliphatic rings. The minimum Gasteiger partial charge on any atom is -0.383 e. The van der Waals surface area contributed by atoms with E-state index >= 15 is 0 Å². The third-order valence-corrected chi connectivity index (χ3v) is 7.04. The van der Waals surface area contributed by atoms with Crippen molar-refractivity contribution in [2.24, 2.45) is 0 Å². The minimum absolute atomic E-state index is 0.0888. The molecule has 0 radical (unpaired) electrons. The van der Waals surface area contributed by atoms with E-state index in [0.717, 1.165) is 59.2 Å². The van der Waals surface area contributed by atoms with Gasteiger partial charge in [-0.2, -0.15) is 0 Å². The molecule has 0 unspecified atom stereocenters. The van der Waals surface area contributed by atoms with Crippen molar-refractivity contribution < 1.29 is 9.53 Å². The molecular formula is C25H31N5O2S. The highest BCUT2D eigenvalue weighted by Crippen LogP contribution is 2.34. The molecule has 3 heterocycles. The van der Waals surface area contributed by atoms with Gasteiger partial charge in [0, 0.05) is 45.9 Å². The number of rotatable bonds is 8. The molecule has 0 bridgehead atoms. The Morgan fingerprint density at radius 3 is 2.70 bits per heavy atom. The second-order valence-corrected chi connectivity index (χ2v) is 9.36. The normalized spacial score (nSPS) is 15.9. The van der Waals surface area contributed by atoms with Crippen LogP contribution in [0.2, 0.25) is 0 Å². The topological polar surface area (TPSA) is 70.6 Å². The molecule has 0 saturated carbocycles. The van der Waals surface area contributed by atoms with Gasteiger partial charge in [0.2, 0.25) is 0 Å². The number of nitrogens with zero attached hydrogens (tertiary/aromatic N) is 4. The van der Waals surface area contributed by atoms with Crippen molar-refractivity contribution >= 4 is 39.4 Å². The van der Waals surface area contributed by atoms with E-state index in [1.54, 1.807) is 13.4 Å². The van der Waals surface area contributed by atoms with E-state index < -0.39 is 0 Å². The van der Waals surface area contributed by atoms with Crippen LogP contribution in [-0.4, -0.2) is 78.2 Å². The standard InChI is InChI=1S/C25H31N5O2S/c1-18(16-32-3)28-23-21-19(2)22(33-24(21)27-17-26-23)25(31)30-14-12-29(13-15-30)11-7-10-20-8-5-4-6-9-20/h4-10,17-18H,11-16H2,1-3H3,(H,26,27,28)/b10-7+/t18-/m1/s1. The highest BCUT2D eigenvalue weighted by molar-refractivity contribution is 7.20. The van der Waals surface area contributed by atoms with Crippen LogP contribution in [0.4, 0.5) is 5.82 Å². The van der Waals surface area contributed by atoms with Crippen molar-refractivity contribution in [2.45, 2.75) is 19.9 Å². The first-order valence-corrected chi connectivity index (χ1v) is 12.1. The highest BCUT2D eigenvalue weighted by atomic mass is 32.1. The zero-order valence-corrected chi connectivity index (χ0v) is 20.3. The summed E-state index contributed by atoms with van der Waals surface area (Å²) in [6.07, 6.45) is 5.90. The van der Waals surface area contributed by atoms with E-state index in [9.17, 15) is 4.79 Å². The number of thiophene rings is 1. The molecule has 8 heteroatoms. The fourth-order valence-corrected chi connectivity index (χ4v) is 5.21. The van der Waals surface area contributed by atoms with Gasteiger partial charge in [0.1, 0.15) is 17.0 Å². The molecule has 3 aromatic rings. The molecule has 1 aliphatic heterocycles. The monoisotopic (exact) mass is 465 g/mol. The first-order valence-electron chi connectivity index (χ1n) is 11.3. The van der Waals surface area contributed by atoms with Gasteiger partial charge in [-0.3, -0.25) is 9.69 Å².